The van der Waals surface area contributed by atoms with E-state index in [1.807, 2.05) is 0 Å². The molecule has 0 saturated heterocycles. The molecule has 2 nitrogen and oxygen atoms in total. The van der Waals surface area contributed by atoms with Crippen LogP contribution in [0.1, 0.15) is 0 Å². The van der Waals surface area contributed by atoms with Crippen molar-refractivity contribution in [2.45, 2.75) is 0 Å². The lowest BCUT2D eigenvalue weighted by Gasteiger charge is -2.03. The second-order valence-corrected chi connectivity index (χ2v) is 2.97. The number of aromatic nitrogens is 2. The monoisotopic (exact) mass is 196 g/mol. The lowest BCUT2D eigenvalue weighted by Crippen LogP contribution is -1.91. The van der Waals surface area contributed by atoms with E-state index in [0.29, 0.717) is 5.02 Å². The van der Waals surface area contributed by atoms with Gasteiger partial charge in [0.1, 0.15) is 5.82 Å². The second kappa shape index (κ2) is 3.18. The number of imidazole rings is 1. The SMILES string of the molecule is Fc1ccc(-n2ccnc2)c(Cl)c1. The van der Waals surface area contributed by atoms with E-state index in [1.54, 1.807) is 29.4 Å². The van der Waals surface area contributed by atoms with Crippen LogP contribution in [-0.2, 0) is 0 Å². The molecule has 4 heteroatoms. The smallest absolute Gasteiger partial charge is 0.124 e. The van der Waals surface area contributed by atoms with Gasteiger partial charge in [-0.25, -0.2) is 9.37 Å². The van der Waals surface area contributed by atoms with Gasteiger partial charge in [0.05, 0.1) is 17.0 Å². The van der Waals surface area contributed by atoms with Gasteiger partial charge in [-0.2, -0.15) is 0 Å². The summed E-state index contributed by atoms with van der Waals surface area (Å²) < 4.78 is 14.4. The quantitative estimate of drug-likeness (QED) is 0.686. The third-order valence-electron chi connectivity index (χ3n) is 1.69. The Morgan fingerprint density at radius 1 is 1.38 bits per heavy atom. The van der Waals surface area contributed by atoms with Gasteiger partial charge in [-0.3, -0.25) is 0 Å². The van der Waals surface area contributed by atoms with E-state index in [-0.39, 0.29) is 5.82 Å². The third kappa shape index (κ3) is 1.55. The van der Waals surface area contributed by atoms with Crippen molar-refractivity contribution < 1.29 is 4.39 Å². The summed E-state index contributed by atoms with van der Waals surface area (Å²) in [7, 11) is 0. The van der Waals surface area contributed by atoms with Crippen LogP contribution in [0.5, 0.6) is 0 Å². The van der Waals surface area contributed by atoms with Crippen LogP contribution in [0.25, 0.3) is 5.69 Å². The number of hydrogen-bond acceptors (Lipinski definition) is 1. The first kappa shape index (κ1) is 8.26. The molecule has 1 aromatic carbocycles. The van der Waals surface area contributed by atoms with Gasteiger partial charge in [-0.1, -0.05) is 11.6 Å². The highest BCUT2D eigenvalue weighted by molar-refractivity contribution is 6.32. The van der Waals surface area contributed by atoms with Crippen molar-refractivity contribution in [1.29, 1.82) is 0 Å². The summed E-state index contributed by atoms with van der Waals surface area (Å²) in [6, 6.07) is 4.25. The van der Waals surface area contributed by atoms with Crippen LogP contribution in [0, 0.1) is 5.82 Å². The number of rotatable bonds is 1. The molecule has 0 aliphatic heterocycles. The second-order valence-electron chi connectivity index (χ2n) is 2.57. The van der Waals surface area contributed by atoms with Gasteiger partial charge in [0, 0.05) is 12.4 Å². The van der Waals surface area contributed by atoms with E-state index in [2.05, 4.69) is 4.98 Å². The van der Waals surface area contributed by atoms with Crippen molar-refractivity contribution in [1.82, 2.24) is 9.55 Å². The standard InChI is InChI=1S/C9H6ClFN2/c10-8-5-7(11)1-2-9(8)13-4-3-12-6-13/h1-6H. The molecule has 0 spiro atoms. The van der Waals surface area contributed by atoms with Gasteiger partial charge in [0.15, 0.2) is 0 Å². The Labute approximate surface area is 79.6 Å². The van der Waals surface area contributed by atoms with E-state index >= 15 is 0 Å². The summed E-state index contributed by atoms with van der Waals surface area (Å²) in [5.41, 5.74) is 0.723. The van der Waals surface area contributed by atoms with E-state index in [0.717, 1.165) is 5.69 Å². The molecule has 2 rings (SSSR count). The fourth-order valence-electron chi connectivity index (χ4n) is 1.09. The minimum Gasteiger partial charge on any atom is -0.305 e. The molecule has 0 radical (unpaired) electrons. The highest BCUT2D eigenvalue weighted by Crippen LogP contribution is 2.20. The third-order valence-corrected chi connectivity index (χ3v) is 2.00. The summed E-state index contributed by atoms with van der Waals surface area (Å²) >= 11 is 5.83. The van der Waals surface area contributed by atoms with E-state index < -0.39 is 0 Å². The molecule has 0 aliphatic rings. The first-order valence-electron chi connectivity index (χ1n) is 3.71. The van der Waals surface area contributed by atoms with E-state index in [1.165, 1.54) is 12.1 Å². The minimum atomic E-state index is -0.339. The van der Waals surface area contributed by atoms with Crippen LogP contribution >= 0.6 is 11.6 Å². The maximum Gasteiger partial charge on any atom is 0.124 e. The molecular formula is C9H6ClFN2. The maximum atomic E-state index is 12.7. The Kier molecular flexibility index (Phi) is 2.02. The molecule has 1 heterocycles. The van der Waals surface area contributed by atoms with Crippen molar-refractivity contribution in [2.75, 3.05) is 0 Å². The fourth-order valence-corrected chi connectivity index (χ4v) is 1.36. The number of halogens is 2. The van der Waals surface area contributed by atoms with Gasteiger partial charge in [0.25, 0.3) is 0 Å². The molecule has 1 aromatic heterocycles. The highest BCUT2D eigenvalue weighted by atomic mass is 35.5. The molecule has 2 aromatic rings. The van der Waals surface area contributed by atoms with Crippen LogP contribution in [-0.4, -0.2) is 9.55 Å². The number of benzene rings is 1. The zero-order valence-corrected chi connectivity index (χ0v) is 7.37. The molecule has 0 aliphatic carbocycles. The fraction of sp³-hybridized carbons (Fsp3) is 0. The average molecular weight is 197 g/mol. The van der Waals surface area contributed by atoms with Crippen LogP contribution < -0.4 is 0 Å². The summed E-state index contributed by atoms with van der Waals surface area (Å²) in [4.78, 5) is 3.87. The number of nitrogens with zero attached hydrogens (tertiary/aromatic N) is 2. The molecule has 13 heavy (non-hydrogen) atoms. The highest BCUT2D eigenvalue weighted by Gasteiger charge is 2.02. The predicted octanol–water partition coefficient (Wildman–Crippen LogP) is 2.66. The van der Waals surface area contributed by atoms with Crippen molar-refractivity contribution in [3.63, 3.8) is 0 Å². The van der Waals surface area contributed by atoms with Gasteiger partial charge in [-0.05, 0) is 18.2 Å². The lowest BCUT2D eigenvalue weighted by atomic mass is 10.3. The normalized spacial score (nSPS) is 10.3. The summed E-state index contributed by atoms with van der Waals surface area (Å²) in [6.45, 7) is 0. The molecule has 0 amide bonds. The summed E-state index contributed by atoms with van der Waals surface area (Å²) in [6.07, 6.45) is 5.00. The van der Waals surface area contributed by atoms with E-state index in [9.17, 15) is 4.39 Å². The van der Waals surface area contributed by atoms with Crippen molar-refractivity contribution in [3.05, 3.63) is 47.8 Å². The molecule has 0 unspecified atom stereocenters. The molecule has 0 bridgehead atoms. The molecule has 0 N–H and O–H groups in total. The predicted molar refractivity (Wildman–Crippen MR) is 48.5 cm³/mol. The van der Waals surface area contributed by atoms with E-state index in [4.69, 9.17) is 11.6 Å². The largest absolute Gasteiger partial charge is 0.305 e. The topological polar surface area (TPSA) is 17.8 Å². The lowest BCUT2D eigenvalue weighted by molar-refractivity contribution is 0.627. The zero-order valence-electron chi connectivity index (χ0n) is 6.61. The first-order valence-corrected chi connectivity index (χ1v) is 4.08. The van der Waals surface area contributed by atoms with Crippen LogP contribution in [0.4, 0.5) is 4.39 Å². The van der Waals surface area contributed by atoms with Crippen LogP contribution in [0.2, 0.25) is 5.02 Å². The maximum absolute atomic E-state index is 12.7. The van der Waals surface area contributed by atoms with Crippen LogP contribution in [0.15, 0.2) is 36.9 Å². The van der Waals surface area contributed by atoms with Gasteiger partial charge >= 0.3 is 0 Å². The van der Waals surface area contributed by atoms with Crippen LogP contribution in [0.3, 0.4) is 0 Å². The van der Waals surface area contributed by atoms with Crippen molar-refractivity contribution in [3.8, 4) is 5.69 Å². The molecule has 0 saturated carbocycles. The van der Waals surface area contributed by atoms with Gasteiger partial charge in [-0.15, -0.1) is 0 Å². The minimum absolute atomic E-state index is 0.339. The Hall–Kier alpha value is -1.35. The summed E-state index contributed by atoms with van der Waals surface area (Å²) in [5.74, 6) is -0.339. The Bertz CT molecular complexity index is 412. The number of hydrogen-bond donors (Lipinski definition) is 0. The van der Waals surface area contributed by atoms with Crippen molar-refractivity contribution >= 4 is 11.6 Å². The van der Waals surface area contributed by atoms with Crippen molar-refractivity contribution in [2.24, 2.45) is 0 Å². The first-order chi connectivity index (χ1) is 6.27. The Morgan fingerprint density at radius 2 is 2.23 bits per heavy atom. The van der Waals surface area contributed by atoms with Gasteiger partial charge in [0.2, 0.25) is 0 Å². The molecular weight excluding hydrogens is 191 g/mol. The van der Waals surface area contributed by atoms with Gasteiger partial charge < -0.3 is 4.57 Å². The summed E-state index contributed by atoms with van der Waals surface area (Å²) in [5, 5.41) is 0.373. The average Bonchev–Trinajstić information content (AvgIpc) is 2.56. The molecule has 0 fully saturated rings. The Balaban J connectivity index is 2.53. The Morgan fingerprint density at radius 3 is 2.85 bits per heavy atom. The molecule has 66 valence electrons. The zero-order chi connectivity index (χ0) is 9.26. The molecule has 0 atom stereocenters.